The van der Waals surface area contributed by atoms with E-state index in [1.54, 1.807) is 12.1 Å². The first-order chi connectivity index (χ1) is 14.3. The quantitative estimate of drug-likeness (QED) is 0.765. The summed E-state index contributed by atoms with van der Waals surface area (Å²) in [5.74, 6) is -0.140. The Kier molecular flexibility index (Phi) is 6.11. The van der Waals surface area contributed by atoms with Crippen LogP contribution in [0.3, 0.4) is 0 Å². The lowest BCUT2D eigenvalue weighted by Gasteiger charge is -2.37. The van der Waals surface area contributed by atoms with Gasteiger partial charge in [-0.15, -0.1) is 0 Å². The number of amides is 1. The number of carbonyl (C=O) groups excluding carboxylic acids is 1. The van der Waals surface area contributed by atoms with Crippen LogP contribution >= 0.6 is 11.6 Å². The fraction of sp³-hybridized carbons (Fsp3) is 0.500. The van der Waals surface area contributed by atoms with E-state index in [2.05, 4.69) is 10.2 Å². The molecule has 1 N–H and O–H groups in total. The number of halogens is 4. The standard InChI is InChI=1S/C22H25ClF3N3O/c23-19-13-16(15-4-3-5-17(12-15)22(24,25)26)14-27-20(19)21(30)29-10-6-18(7-11-29)28-8-1-2-9-28/h3-5,12-13,18,27H,1-2,6-11,14H2. The highest BCUT2D eigenvalue weighted by atomic mass is 35.5. The molecule has 0 bridgehead atoms. The lowest BCUT2D eigenvalue weighted by atomic mass is 9.99. The van der Waals surface area contributed by atoms with Gasteiger partial charge in [-0.1, -0.05) is 23.7 Å². The average molecular weight is 440 g/mol. The van der Waals surface area contributed by atoms with Gasteiger partial charge < -0.3 is 15.1 Å². The molecule has 0 aromatic heterocycles. The van der Waals surface area contributed by atoms with E-state index in [4.69, 9.17) is 11.6 Å². The Bertz CT molecular complexity index is 867. The van der Waals surface area contributed by atoms with E-state index in [0.29, 0.717) is 36.0 Å². The molecule has 1 amide bonds. The van der Waals surface area contributed by atoms with Crippen molar-refractivity contribution in [1.82, 2.24) is 15.1 Å². The number of piperidine rings is 1. The molecule has 3 aliphatic heterocycles. The van der Waals surface area contributed by atoms with Crippen molar-refractivity contribution < 1.29 is 18.0 Å². The summed E-state index contributed by atoms with van der Waals surface area (Å²) < 4.78 is 39.0. The van der Waals surface area contributed by atoms with Crippen molar-refractivity contribution in [2.24, 2.45) is 0 Å². The molecule has 0 aliphatic carbocycles. The number of allylic oxidation sites excluding steroid dienone is 2. The van der Waals surface area contributed by atoms with Crippen molar-refractivity contribution in [3.05, 3.63) is 52.2 Å². The van der Waals surface area contributed by atoms with Gasteiger partial charge in [-0.05, 0) is 68.1 Å². The first kappa shape index (κ1) is 21.2. The summed E-state index contributed by atoms with van der Waals surface area (Å²) >= 11 is 6.37. The van der Waals surface area contributed by atoms with E-state index in [0.717, 1.165) is 38.1 Å². The summed E-state index contributed by atoms with van der Waals surface area (Å²) in [6.07, 6.45) is 1.63. The van der Waals surface area contributed by atoms with Gasteiger partial charge in [-0.25, -0.2) is 0 Å². The smallest absolute Gasteiger partial charge is 0.375 e. The van der Waals surface area contributed by atoms with Crippen molar-refractivity contribution in [1.29, 1.82) is 0 Å². The minimum Gasteiger partial charge on any atom is -0.375 e. The Labute approximate surface area is 179 Å². The maximum atomic E-state index is 13.0. The van der Waals surface area contributed by atoms with E-state index in [9.17, 15) is 18.0 Å². The minimum atomic E-state index is -4.40. The highest BCUT2D eigenvalue weighted by molar-refractivity contribution is 6.34. The number of nitrogens with one attached hydrogen (secondary N) is 1. The maximum absolute atomic E-state index is 13.0. The summed E-state index contributed by atoms with van der Waals surface area (Å²) in [6.45, 7) is 3.95. The highest BCUT2D eigenvalue weighted by Gasteiger charge is 2.32. The summed E-state index contributed by atoms with van der Waals surface area (Å²) in [5, 5.41) is 3.27. The Hall–Kier alpha value is -1.99. The number of rotatable bonds is 3. The average Bonchev–Trinajstić information content (AvgIpc) is 3.28. The number of carbonyl (C=O) groups is 1. The zero-order valence-corrected chi connectivity index (χ0v) is 17.4. The Morgan fingerprint density at radius 2 is 1.80 bits per heavy atom. The number of benzene rings is 1. The number of nitrogens with zero attached hydrogens (tertiary/aromatic N) is 2. The number of likely N-dealkylation sites (tertiary alicyclic amines) is 2. The zero-order valence-electron chi connectivity index (χ0n) is 16.6. The van der Waals surface area contributed by atoms with Crippen LogP contribution in [0.5, 0.6) is 0 Å². The zero-order chi connectivity index (χ0) is 21.3. The molecule has 4 rings (SSSR count). The fourth-order valence-corrected chi connectivity index (χ4v) is 4.78. The summed E-state index contributed by atoms with van der Waals surface area (Å²) in [6, 6.07) is 5.68. The molecule has 0 atom stereocenters. The van der Waals surface area contributed by atoms with Crippen molar-refractivity contribution in [2.45, 2.75) is 37.9 Å². The monoisotopic (exact) mass is 439 g/mol. The van der Waals surface area contributed by atoms with E-state index in [1.807, 2.05) is 4.90 Å². The van der Waals surface area contributed by atoms with E-state index >= 15 is 0 Å². The van der Waals surface area contributed by atoms with Crippen LogP contribution in [0.25, 0.3) is 5.57 Å². The van der Waals surface area contributed by atoms with Gasteiger partial charge in [0, 0.05) is 25.7 Å². The van der Waals surface area contributed by atoms with Crippen molar-refractivity contribution in [3.8, 4) is 0 Å². The minimum absolute atomic E-state index is 0.140. The first-order valence-electron chi connectivity index (χ1n) is 10.4. The van der Waals surface area contributed by atoms with Crippen molar-refractivity contribution in [2.75, 3.05) is 32.7 Å². The normalized spacial score (nSPS) is 21.6. The van der Waals surface area contributed by atoms with E-state index in [-0.39, 0.29) is 17.5 Å². The molecule has 2 saturated heterocycles. The lowest BCUT2D eigenvalue weighted by molar-refractivity contribution is -0.137. The van der Waals surface area contributed by atoms with Crippen LogP contribution in [-0.4, -0.2) is 54.5 Å². The van der Waals surface area contributed by atoms with E-state index < -0.39 is 11.7 Å². The predicted octanol–water partition coefficient (Wildman–Crippen LogP) is 4.23. The van der Waals surface area contributed by atoms with Crippen molar-refractivity contribution in [3.63, 3.8) is 0 Å². The van der Waals surface area contributed by atoms with Gasteiger partial charge in [0.05, 0.1) is 10.6 Å². The molecular weight excluding hydrogens is 415 g/mol. The van der Waals surface area contributed by atoms with Gasteiger partial charge in [0.2, 0.25) is 0 Å². The third-order valence-corrected chi connectivity index (χ3v) is 6.48. The molecule has 1 aromatic rings. The Balaban J connectivity index is 1.44. The van der Waals surface area contributed by atoms with Crippen molar-refractivity contribution >= 4 is 23.1 Å². The molecular formula is C22H25ClF3N3O. The van der Waals surface area contributed by atoms with Gasteiger partial charge in [-0.3, -0.25) is 4.79 Å². The molecule has 0 radical (unpaired) electrons. The van der Waals surface area contributed by atoms with Crippen LogP contribution in [0.1, 0.15) is 36.8 Å². The summed E-state index contributed by atoms with van der Waals surface area (Å²) in [4.78, 5) is 17.3. The largest absolute Gasteiger partial charge is 0.416 e. The third-order valence-electron chi connectivity index (χ3n) is 6.18. The van der Waals surface area contributed by atoms with Crippen LogP contribution in [0.2, 0.25) is 0 Å². The first-order valence-corrected chi connectivity index (χ1v) is 10.8. The maximum Gasteiger partial charge on any atom is 0.416 e. The molecule has 0 spiro atoms. The van der Waals surface area contributed by atoms with E-state index in [1.165, 1.54) is 18.9 Å². The van der Waals surface area contributed by atoms with Crippen LogP contribution in [0.15, 0.2) is 41.1 Å². The summed E-state index contributed by atoms with van der Waals surface area (Å²) in [5.41, 5.74) is 0.680. The second-order valence-corrected chi connectivity index (χ2v) is 8.50. The lowest BCUT2D eigenvalue weighted by Crippen LogP contribution is -2.47. The predicted molar refractivity (Wildman–Crippen MR) is 111 cm³/mol. The van der Waals surface area contributed by atoms with Crippen LogP contribution < -0.4 is 5.32 Å². The van der Waals surface area contributed by atoms with Gasteiger partial charge in [0.1, 0.15) is 5.70 Å². The molecule has 8 heteroatoms. The molecule has 4 nitrogen and oxygen atoms in total. The van der Waals surface area contributed by atoms with Crippen LogP contribution in [0.4, 0.5) is 13.2 Å². The van der Waals surface area contributed by atoms with Gasteiger partial charge in [0.15, 0.2) is 0 Å². The SMILES string of the molecule is O=C(C1=C(Cl)C=C(c2cccc(C(F)(F)F)c2)CN1)N1CCC(N2CCCC2)CC1. The summed E-state index contributed by atoms with van der Waals surface area (Å²) in [7, 11) is 0. The topological polar surface area (TPSA) is 35.6 Å². The van der Waals surface area contributed by atoms with Gasteiger partial charge in [-0.2, -0.15) is 13.2 Å². The molecule has 0 unspecified atom stereocenters. The second-order valence-electron chi connectivity index (χ2n) is 8.09. The number of dihydropyridines is 1. The Morgan fingerprint density at radius 3 is 2.43 bits per heavy atom. The van der Waals surface area contributed by atoms with Crippen LogP contribution in [0, 0.1) is 0 Å². The molecule has 2 fully saturated rings. The molecule has 3 heterocycles. The molecule has 162 valence electrons. The number of hydrogen-bond donors (Lipinski definition) is 1. The highest BCUT2D eigenvalue weighted by Crippen LogP contribution is 2.32. The molecule has 1 aromatic carbocycles. The number of alkyl halides is 3. The van der Waals surface area contributed by atoms with Crippen LogP contribution in [-0.2, 0) is 11.0 Å². The Morgan fingerprint density at radius 1 is 1.10 bits per heavy atom. The van der Waals surface area contributed by atoms with Gasteiger partial charge in [0.25, 0.3) is 5.91 Å². The second kappa shape index (κ2) is 8.63. The van der Waals surface area contributed by atoms with Gasteiger partial charge >= 0.3 is 6.18 Å². The molecule has 30 heavy (non-hydrogen) atoms. The molecule has 3 aliphatic rings. The number of hydrogen-bond acceptors (Lipinski definition) is 3. The molecule has 0 saturated carbocycles. The third kappa shape index (κ3) is 4.52. The fourth-order valence-electron chi connectivity index (χ4n) is 4.50.